The molecule has 0 fully saturated rings. The summed E-state index contributed by atoms with van der Waals surface area (Å²) in [6.07, 6.45) is 0.903. The fourth-order valence-corrected chi connectivity index (χ4v) is 0.590. The molecule has 64 valence electrons. The summed E-state index contributed by atoms with van der Waals surface area (Å²) in [5.74, 6) is 0.421. The highest BCUT2D eigenvalue weighted by Gasteiger charge is 2.00. The molecule has 0 aromatic carbocycles. The Hall–Kier alpha value is -1.26. The van der Waals surface area contributed by atoms with Crippen LogP contribution in [0.15, 0.2) is 12.0 Å². The van der Waals surface area contributed by atoms with E-state index in [4.69, 9.17) is 0 Å². The van der Waals surface area contributed by atoms with Crippen LogP contribution in [0.2, 0.25) is 0 Å². The summed E-state index contributed by atoms with van der Waals surface area (Å²) >= 11 is 0. The van der Waals surface area contributed by atoms with Gasteiger partial charge in [-0.15, -0.1) is 0 Å². The Morgan fingerprint density at radius 2 is 2.18 bits per heavy atom. The molecule has 5 nitrogen and oxygen atoms in total. The lowest BCUT2D eigenvalue weighted by molar-refractivity contribution is -0.404. The number of hydrogen-bond donors (Lipinski definition) is 2. The third kappa shape index (κ3) is 5.20. The smallest absolute Gasteiger partial charge is 0.274 e. The molecular formula is C6H13N3O2. The lowest BCUT2D eigenvalue weighted by Crippen LogP contribution is -2.29. The molecule has 0 amide bonds. The molecule has 0 bridgehead atoms. The zero-order valence-electron chi connectivity index (χ0n) is 6.92. The van der Waals surface area contributed by atoms with Crippen molar-refractivity contribution in [3.63, 3.8) is 0 Å². The number of nitrogens with one attached hydrogen (secondary N) is 2. The molecule has 0 rings (SSSR count). The van der Waals surface area contributed by atoms with Crippen molar-refractivity contribution < 1.29 is 4.92 Å². The van der Waals surface area contributed by atoms with Gasteiger partial charge in [0.15, 0.2) is 5.82 Å². The van der Waals surface area contributed by atoms with Gasteiger partial charge in [-0.05, 0) is 13.8 Å². The molecule has 0 atom stereocenters. The first-order chi connectivity index (χ1) is 5.06. The lowest BCUT2D eigenvalue weighted by atomic mass is 10.4. The second-order valence-electron chi connectivity index (χ2n) is 2.38. The predicted octanol–water partition coefficient (Wildman–Crippen LogP) is 0.279. The van der Waals surface area contributed by atoms with E-state index in [0.29, 0.717) is 5.82 Å². The third-order valence-electron chi connectivity index (χ3n) is 0.948. The highest BCUT2D eigenvalue weighted by molar-refractivity contribution is 4.91. The minimum atomic E-state index is -0.499. The highest BCUT2D eigenvalue weighted by Crippen LogP contribution is 1.86. The van der Waals surface area contributed by atoms with Gasteiger partial charge in [-0.25, -0.2) is 0 Å². The topological polar surface area (TPSA) is 67.2 Å². The molecule has 11 heavy (non-hydrogen) atoms. The van der Waals surface area contributed by atoms with E-state index in [0.717, 1.165) is 6.20 Å². The quantitative estimate of drug-likeness (QED) is 0.456. The minimum Gasteiger partial charge on any atom is -0.370 e. The largest absolute Gasteiger partial charge is 0.370 e. The lowest BCUT2D eigenvalue weighted by Gasteiger charge is -2.10. The van der Waals surface area contributed by atoms with E-state index in [2.05, 4.69) is 10.6 Å². The second-order valence-corrected chi connectivity index (χ2v) is 2.38. The van der Waals surface area contributed by atoms with Crippen LogP contribution in [0.5, 0.6) is 0 Å². The molecule has 0 aromatic rings. The van der Waals surface area contributed by atoms with E-state index in [1.54, 1.807) is 7.05 Å². The van der Waals surface area contributed by atoms with Crippen molar-refractivity contribution in [2.75, 3.05) is 7.05 Å². The van der Waals surface area contributed by atoms with Gasteiger partial charge in [-0.3, -0.25) is 10.1 Å². The SMILES string of the molecule is CN/C(=C\[N+](=O)[O-])NC(C)C. The molecule has 0 saturated heterocycles. The standard InChI is InChI=1S/C6H13N3O2/c1-5(2)8-6(7-3)4-9(10)11/h4-5,7-8H,1-3H3/b6-4+. The maximum atomic E-state index is 10.00. The Morgan fingerprint density at radius 3 is 2.45 bits per heavy atom. The monoisotopic (exact) mass is 159 g/mol. The molecule has 0 aliphatic heterocycles. The van der Waals surface area contributed by atoms with Gasteiger partial charge in [0, 0.05) is 13.1 Å². The fourth-order valence-electron chi connectivity index (χ4n) is 0.590. The van der Waals surface area contributed by atoms with Gasteiger partial charge in [-0.1, -0.05) is 0 Å². The first-order valence-electron chi connectivity index (χ1n) is 3.36. The molecule has 0 saturated carbocycles. The van der Waals surface area contributed by atoms with Crippen molar-refractivity contribution >= 4 is 0 Å². The van der Waals surface area contributed by atoms with Crippen molar-refractivity contribution in [2.45, 2.75) is 19.9 Å². The summed E-state index contributed by atoms with van der Waals surface area (Å²) < 4.78 is 0. The first kappa shape index (κ1) is 9.74. The average Bonchev–Trinajstić information content (AvgIpc) is 1.84. The van der Waals surface area contributed by atoms with Gasteiger partial charge in [0.2, 0.25) is 0 Å². The normalized spacial score (nSPS) is 11.5. The minimum absolute atomic E-state index is 0.189. The number of nitrogens with zero attached hydrogens (tertiary/aromatic N) is 1. The summed E-state index contributed by atoms with van der Waals surface area (Å²) in [5.41, 5.74) is 0. The summed E-state index contributed by atoms with van der Waals surface area (Å²) in [6, 6.07) is 0.189. The summed E-state index contributed by atoms with van der Waals surface area (Å²) in [7, 11) is 1.63. The Labute approximate surface area is 65.6 Å². The van der Waals surface area contributed by atoms with Crippen LogP contribution in [0.3, 0.4) is 0 Å². The maximum absolute atomic E-state index is 10.00. The van der Waals surface area contributed by atoms with Gasteiger partial charge in [0.05, 0.1) is 4.92 Å². The van der Waals surface area contributed by atoms with Gasteiger partial charge >= 0.3 is 0 Å². The molecule has 0 aliphatic rings. The summed E-state index contributed by atoms with van der Waals surface area (Å²) in [6.45, 7) is 3.82. The average molecular weight is 159 g/mol. The fraction of sp³-hybridized carbons (Fsp3) is 0.667. The van der Waals surface area contributed by atoms with Crippen molar-refractivity contribution in [3.8, 4) is 0 Å². The Balaban J connectivity index is 4.05. The number of rotatable bonds is 4. The van der Waals surface area contributed by atoms with E-state index in [-0.39, 0.29) is 6.04 Å². The molecule has 0 heterocycles. The van der Waals surface area contributed by atoms with Crippen LogP contribution >= 0.6 is 0 Å². The van der Waals surface area contributed by atoms with Gasteiger partial charge in [-0.2, -0.15) is 0 Å². The maximum Gasteiger partial charge on any atom is 0.274 e. The Morgan fingerprint density at radius 1 is 1.64 bits per heavy atom. The van der Waals surface area contributed by atoms with Crippen molar-refractivity contribution in [1.82, 2.24) is 10.6 Å². The van der Waals surface area contributed by atoms with Crippen LogP contribution in [0.25, 0.3) is 0 Å². The van der Waals surface area contributed by atoms with Crippen molar-refractivity contribution in [1.29, 1.82) is 0 Å². The van der Waals surface area contributed by atoms with Crippen molar-refractivity contribution in [3.05, 3.63) is 22.1 Å². The Bertz CT molecular complexity index is 165. The van der Waals surface area contributed by atoms with E-state index in [1.807, 2.05) is 13.8 Å². The van der Waals surface area contributed by atoms with Gasteiger partial charge in [0.25, 0.3) is 6.20 Å². The molecule has 0 aliphatic carbocycles. The van der Waals surface area contributed by atoms with Crippen LogP contribution in [0.1, 0.15) is 13.8 Å². The Kier molecular flexibility index (Phi) is 4.02. The van der Waals surface area contributed by atoms with Crippen LogP contribution in [0, 0.1) is 10.1 Å². The zero-order chi connectivity index (χ0) is 8.85. The molecule has 0 spiro atoms. The molecule has 2 N–H and O–H groups in total. The van der Waals surface area contributed by atoms with E-state index in [9.17, 15) is 10.1 Å². The molecule has 0 radical (unpaired) electrons. The van der Waals surface area contributed by atoms with E-state index >= 15 is 0 Å². The highest BCUT2D eigenvalue weighted by atomic mass is 16.6. The van der Waals surface area contributed by atoms with E-state index < -0.39 is 4.92 Å². The second kappa shape index (κ2) is 4.54. The first-order valence-corrected chi connectivity index (χ1v) is 3.36. The van der Waals surface area contributed by atoms with Crippen LogP contribution in [0.4, 0.5) is 0 Å². The van der Waals surface area contributed by atoms with Gasteiger partial charge < -0.3 is 10.6 Å². The summed E-state index contributed by atoms with van der Waals surface area (Å²) in [5, 5.41) is 15.5. The predicted molar refractivity (Wildman–Crippen MR) is 42.4 cm³/mol. The van der Waals surface area contributed by atoms with Crippen LogP contribution in [-0.2, 0) is 0 Å². The number of hydrogen-bond acceptors (Lipinski definition) is 4. The van der Waals surface area contributed by atoms with Crippen LogP contribution < -0.4 is 10.6 Å². The zero-order valence-corrected chi connectivity index (χ0v) is 6.92. The van der Waals surface area contributed by atoms with Crippen LogP contribution in [-0.4, -0.2) is 18.0 Å². The third-order valence-corrected chi connectivity index (χ3v) is 0.948. The molecule has 0 unspecified atom stereocenters. The molecule has 0 aromatic heterocycles. The van der Waals surface area contributed by atoms with Crippen molar-refractivity contribution in [2.24, 2.45) is 0 Å². The summed E-state index contributed by atoms with van der Waals surface area (Å²) in [4.78, 5) is 9.50. The number of nitro groups is 1. The van der Waals surface area contributed by atoms with Gasteiger partial charge in [0.1, 0.15) is 0 Å². The molecule has 5 heteroatoms. The molecular weight excluding hydrogens is 146 g/mol. The van der Waals surface area contributed by atoms with E-state index in [1.165, 1.54) is 0 Å².